The average molecular weight is 272 g/mol. The Morgan fingerprint density at radius 1 is 1.35 bits per heavy atom. The van der Waals surface area contributed by atoms with Crippen LogP contribution >= 0.6 is 0 Å². The fraction of sp³-hybridized carbons (Fsp3) is 0.529. The molecule has 3 heteroatoms. The van der Waals surface area contributed by atoms with Gasteiger partial charge >= 0.3 is 0 Å². The molecule has 3 rings (SSSR count). The zero-order valence-electron chi connectivity index (χ0n) is 12.9. The molecule has 2 aromatic rings. The molecule has 0 saturated carbocycles. The molecule has 108 valence electrons. The van der Waals surface area contributed by atoms with Gasteiger partial charge in [0.1, 0.15) is 5.75 Å². The van der Waals surface area contributed by atoms with E-state index in [9.17, 15) is 0 Å². The van der Waals surface area contributed by atoms with E-state index in [0.717, 1.165) is 12.3 Å². The smallest absolute Gasteiger partial charge is 0.119 e. The minimum absolute atomic E-state index is 0.643. The lowest BCUT2D eigenvalue weighted by molar-refractivity contribution is 0.352. The van der Waals surface area contributed by atoms with E-state index < -0.39 is 0 Å². The van der Waals surface area contributed by atoms with E-state index in [4.69, 9.17) is 4.74 Å². The molecule has 1 heterocycles. The summed E-state index contributed by atoms with van der Waals surface area (Å²) in [4.78, 5) is 2.30. The van der Waals surface area contributed by atoms with Gasteiger partial charge in [0.2, 0.25) is 0 Å². The first-order chi connectivity index (χ1) is 9.61. The standard InChI is InChI=1S/C17H24N2O/c1-18(2)11-12-6-5-7-16-17(12)14-10-13(20-4)8-9-15(14)19(16)3/h8-10,12H,5-7,11H2,1-4H3. The van der Waals surface area contributed by atoms with Gasteiger partial charge in [-0.3, -0.25) is 0 Å². The van der Waals surface area contributed by atoms with E-state index in [2.05, 4.69) is 48.8 Å². The van der Waals surface area contributed by atoms with E-state index in [0.29, 0.717) is 5.92 Å². The summed E-state index contributed by atoms with van der Waals surface area (Å²) in [5.74, 6) is 1.60. The number of aromatic nitrogens is 1. The van der Waals surface area contributed by atoms with E-state index in [1.54, 1.807) is 12.7 Å². The average Bonchev–Trinajstić information content (AvgIpc) is 2.72. The van der Waals surface area contributed by atoms with Crippen molar-refractivity contribution in [3.05, 3.63) is 29.5 Å². The summed E-state index contributed by atoms with van der Waals surface area (Å²) >= 11 is 0. The van der Waals surface area contributed by atoms with Gasteiger partial charge in [-0.2, -0.15) is 0 Å². The Bertz CT molecular complexity index is 627. The summed E-state index contributed by atoms with van der Waals surface area (Å²) < 4.78 is 7.80. The van der Waals surface area contributed by atoms with Gasteiger partial charge in [0.25, 0.3) is 0 Å². The molecule has 0 amide bonds. The van der Waals surface area contributed by atoms with E-state index >= 15 is 0 Å². The fourth-order valence-electron chi connectivity index (χ4n) is 3.67. The molecule has 1 aliphatic carbocycles. The third-order valence-electron chi connectivity index (χ3n) is 4.53. The second-order valence-corrected chi connectivity index (χ2v) is 6.15. The summed E-state index contributed by atoms with van der Waals surface area (Å²) in [7, 11) is 8.28. The highest BCUT2D eigenvalue weighted by atomic mass is 16.5. The molecule has 1 aromatic carbocycles. The second kappa shape index (κ2) is 5.13. The van der Waals surface area contributed by atoms with Crippen LogP contribution in [0, 0.1) is 0 Å². The maximum absolute atomic E-state index is 5.42. The summed E-state index contributed by atoms with van der Waals surface area (Å²) in [6.45, 7) is 1.13. The molecular formula is C17H24N2O. The number of ether oxygens (including phenoxy) is 1. The zero-order chi connectivity index (χ0) is 14.3. The first-order valence-electron chi connectivity index (χ1n) is 7.41. The molecule has 0 spiro atoms. The number of nitrogens with zero attached hydrogens (tertiary/aromatic N) is 2. The van der Waals surface area contributed by atoms with Crippen molar-refractivity contribution in [3.8, 4) is 5.75 Å². The molecule has 1 atom stereocenters. The lowest BCUT2D eigenvalue weighted by Gasteiger charge is -2.26. The van der Waals surface area contributed by atoms with E-state index in [1.165, 1.54) is 35.9 Å². The third-order valence-corrected chi connectivity index (χ3v) is 4.53. The summed E-state index contributed by atoms with van der Waals surface area (Å²) in [5.41, 5.74) is 4.41. The van der Waals surface area contributed by atoms with Crippen LogP contribution in [0.3, 0.4) is 0 Å². The topological polar surface area (TPSA) is 17.4 Å². The first kappa shape index (κ1) is 13.5. The molecule has 1 aliphatic rings. The zero-order valence-corrected chi connectivity index (χ0v) is 12.9. The van der Waals surface area contributed by atoms with Crippen molar-refractivity contribution in [3.63, 3.8) is 0 Å². The Morgan fingerprint density at radius 2 is 2.15 bits per heavy atom. The quantitative estimate of drug-likeness (QED) is 0.854. The maximum Gasteiger partial charge on any atom is 0.119 e. The van der Waals surface area contributed by atoms with Gasteiger partial charge < -0.3 is 14.2 Å². The molecule has 3 nitrogen and oxygen atoms in total. The lowest BCUT2D eigenvalue weighted by Crippen LogP contribution is -2.23. The van der Waals surface area contributed by atoms with Gasteiger partial charge in [-0.25, -0.2) is 0 Å². The Labute approximate surface area is 121 Å². The summed E-state index contributed by atoms with van der Waals surface area (Å²) in [6.07, 6.45) is 3.79. The van der Waals surface area contributed by atoms with Gasteiger partial charge in [-0.15, -0.1) is 0 Å². The number of benzene rings is 1. The van der Waals surface area contributed by atoms with Gasteiger partial charge in [0, 0.05) is 30.2 Å². The van der Waals surface area contributed by atoms with Crippen LogP contribution < -0.4 is 4.74 Å². The number of likely N-dealkylation sites (N-methyl/N-ethyl adjacent to an activating group) is 1. The van der Waals surface area contributed by atoms with Crippen molar-refractivity contribution in [2.75, 3.05) is 27.7 Å². The molecule has 0 saturated heterocycles. The minimum Gasteiger partial charge on any atom is -0.497 e. The highest BCUT2D eigenvalue weighted by Crippen LogP contribution is 2.40. The van der Waals surface area contributed by atoms with Crippen LogP contribution in [0.1, 0.15) is 30.0 Å². The van der Waals surface area contributed by atoms with Crippen LogP contribution in [0.25, 0.3) is 10.9 Å². The molecule has 1 unspecified atom stereocenters. The molecule has 0 bridgehead atoms. The van der Waals surface area contributed by atoms with Crippen LogP contribution in [0.5, 0.6) is 5.75 Å². The van der Waals surface area contributed by atoms with Crippen molar-refractivity contribution in [2.45, 2.75) is 25.2 Å². The predicted octanol–water partition coefficient (Wildman–Crippen LogP) is 3.17. The van der Waals surface area contributed by atoms with Crippen LogP contribution in [-0.4, -0.2) is 37.2 Å². The number of aryl methyl sites for hydroxylation is 1. The number of fused-ring (bicyclic) bond motifs is 3. The van der Waals surface area contributed by atoms with Crippen molar-refractivity contribution < 1.29 is 4.74 Å². The Balaban J connectivity index is 2.19. The largest absolute Gasteiger partial charge is 0.497 e. The van der Waals surface area contributed by atoms with Gasteiger partial charge in [0.15, 0.2) is 0 Å². The fourth-order valence-corrected chi connectivity index (χ4v) is 3.67. The Hall–Kier alpha value is -1.48. The van der Waals surface area contributed by atoms with Crippen molar-refractivity contribution >= 4 is 10.9 Å². The predicted molar refractivity (Wildman–Crippen MR) is 83.7 cm³/mol. The third kappa shape index (κ3) is 2.10. The second-order valence-electron chi connectivity index (χ2n) is 6.15. The van der Waals surface area contributed by atoms with E-state index in [-0.39, 0.29) is 0 Å². The summed E-state index contributed by atoms with van der Waals surface area (Å²) in [6, 6.07) is 6.47. The van der Waals surface area contributed by atoms with Crippen LogP contribution in [0.2, 0.25) is 0 Å². The highest BCUT2D eigenvalue weighted by Gasteiger charge is 2.26. The van der Waals surface area contributed by atoms with Crippen molar-refractivity contribution in [2.24, 2.45) is 7.05 Å². The molecule has 0 N–H and O–H groups in total. The monoisotopic (exact) mass is 272 g/mol. The number of hydrogen-bond donors (Lipinski definition) is 0. The normalized spacial score (nSPS) is 18.6. The van der Waals surface area contributed by atoms with E-state index in [1.807, 2.05) is 0 Å². The Morgan fingerprint density at radius 3 is 2.85 bits per heavy atom. The van der Waals surface area contributed by atoms with Crippen molar-refractivity contribution in [1.29, 1.82) is 0 Å². The first-order valence-corrected chi connectivity index (χ1v) is 7.41. The van der Waals surface area contributed by atoms with Gasteiger partial charge in [-0.1, -0.05) is 0 Å². The molecule has 1 aromatic heterocycles. The minimum atomic E-state index is 0.643. The highest BCUT2D eigenvalue weighted by molar-refractivity contribution is 5.87. The number of rotatable bonds is 3. The van der Waals surface area contributed by atoms with Crippen LogP contribution in [0.15, 0.2) is 18.2 Å². The van der Waals surface area contributed by atoms with Gasteiger partial charge in [0.05, 0.1) is 7.11 Å². The number of methoxy groups -OCH3 is 1. The maximum atomic E-state index is 5.42. The SMILES string of the molecule is COc1ccc2c(c1)c1c(n2C)CCCC1CN(C)C. The van der Waals surface area contributed by atoms with Crippen LogP contribution in [-0.2, 0) is 13.5 Å². The molecular weight excluding hydrogens is 248 g/mol. The molecule has 0 radical (unpaired) electrons. The van der Waals surface area contributed by atoms with Crippen molar-refractivity contribution in [1.82, 2.24) is 9.47 Å². The lowest BCUT2D eigenvalue weighted by atomic mass is 9.85. The summed E-state index contributed by atoms with van der Waals surface area (Å²) in [5, 5.41) is 1.38. The van der Waals surface area contributed by atoms with Gasteiger partial charge in [-0.05, 0) is 63.0 Å². The number of hydrogen-bond acceptors (Lipinski definition) is 2. The molecule has 0 fully saturated rings. The molecule has 20 heavy (non-hydrogen) atoms. The molecule has 0 aliphatic heterocycles. The Kier molecular flexibility index (Phi) is 3.47. The van der Waals surface area contributed by atoms with Crippen LogP contribution in [0.4, 0.5) is 0 Å².